The van der Waals surface area contributed by atoms with Gasteiger partial charge in [-0.3, -0.25) is 0 Å². The average Bonchev–Trinajstić information content (AvgIpc) is 2.78. The summed E-state index contributed by atoms with van der Waals surface area (Å²) < 4.78 is 0. The molecule has 0 atom stereocenters. The largest absolute Gasteiger partial charge is 0.369 e. The first-order valence-electron chi connectivity index (χ1n) is 4.98. The van der Waals surface area contributed by atoms with Crippen LogP contribution in [0, 0.1) is 0 Å². The van der Waals surface area contributed by atoms with Crippen LogP contribution < -0.4 is 11.5 Å². The van der Waals surface area contributed by atoms with E-state index in [0.717, 1.165) is 10.6 Å². The van der Waals surface area contributed by atoms with Gasteiger partial charge in [0.1, 0.15) is 5.01 Å². The minimum absolute atomic E-state index is 0.0839. The molecule has 5 nitrogen and oxygen atoms in total. The molecule has 0 unspecified atom stereocenters. The maximum Gasteiger partial charge on any atom is 0.211 e. The number of nitrogens with zero attached hydrogens (tertiary/aromatic N) is 3. The number of hydrogen-bond acceptors (Lipinski definition) is 4. The molecule has 2 aromatic rings. The number of aromatic nitrogens is 1. The quantitative estimate of drug-likeness (QED) is 0.512. The zero-order valence-corrected chi connectivity index (χ0v) is 10.8. The summed E-state index contributed by atoms with van der Waals surface area (Å²) in [5.41, 5.74) is 12.0. The lowest BCUT2D eigenvalue weighted by Gasteiger charge is -1.94. The van der Waals surface area contributed by atoms with Crippen molar-refractivity contribution in [3.8, 4) is 10.6 Å². The van der Waals surface area contributed by atoms with Gasteiger partial charge in [0.2, 0.25) is 5.96 Å². The molecule has 18 heavy (non-hydrogen) atoms. The van der Waals surface area contributed by atoms with Crippen LogP contribution in [0.2, 0.25) is 5.02 Å². The van der Waals surface area contributed by atoms with Crippen molar-refractivity contribution in [3.63, 3.8) is 0 Å². The molecule has 0 radical (unpaired) electrons. The van der Waals surface area contributed by atoms with E-state index in [0.29, 0.717) is 10.7 Å². The van der Waals surface area contributed by atoms with Crippen molar-refractivity contribution in [2.75, 3.05) is 0 Å². The van der Waals surface area contributed by atoms with E-state index in [2.05, 4.69) is 15.2 Å². The van der Waals surface area contributed by atoms with Gasteiger partial charge in [-0.1, -0.05) is 23.7 Å². The highest BCUT2D eigenvalue weighted by Gasteiger charge is 2.03. The Morgan fingerprint density at radius 2 is 2.00 bits per heavy atom. The Hall–Kier alpha value is -1.92. The molecule has 4 N–H and O–H groups in total. The van der Waals surface area contributed by atoms with Crippen molar-refractivity contribution < 1.29 is 0 Å². The minimum Gasteiger partial charge on any atom is -0.369 e. The van der Waals surface area contributed by atoms with Crippen LogP contribution in [-0.4, -0.2) is 17.2 Å². The lowest BCUT2D eigenvalue weighted by Crippen LogP contribution is -2.21. The van der Waals surface area contributed by atoms with E-state index < -0.39 is 0 Å². The van der Waals surface area contributed by atoms with Gasteiger partial charge in [-0.2, -0.15) is 5.10 Å². The first-order chi connectivity index (χ1) is 8.65. The van der Waals surface area contributed by atoms with Crippen molar-refractivity contribution in [1.29, 1.82) is 0 Å². The summed E-state index contributed by atoms with van der Waals surface area (Å²) in [4.78, 5) is 4.38. The molecule has 1 aromatic carbocycles. The van der Waals surface area contributed by atoms with Crippen molar-refractivity contribution in [2.24, 2.45) is 21.7 Å². The molecular formula is C11H10ClN5S. The van der Waals surface area contributed by atoms with E-state index in [1.807, 2.05) is 29.6 Å². The van der Waals surface area contributed by atoms with Crippen LogP contribution in [-0.2, 0) is 0 Å². The van der Waals surface area contributed by atoms with Gasteiger partial charge in [-0.05, 0) is 12.1 Å². The SMILES string of the molecule is NC(N)=N/N=C\c1csc(-c2ccc(Cl)cc2)n1. The van der Waals surface area contributed by atoms with Crippen molar-refractivity contribution in [2.45, 2.75) is 0 Å². The van der Waals surface area contributed by atoms with E-state index in [9.17, 15) is 0 Å². The molecule has 0 saturated carbocycles. The highest BCUT2D eigenvalue weighted by molar-refractivity contribution is 7.13. The van der Waals surface area contributed by atoms with Crippen molar-refractivity contribution in [3.05, 3.63) is 40.4 Å². The van der Waals surface area contributed by atoms with Gasteiger partial charge in [0.25, 0.3) is 0 Å². The summed E-state index contributed by atoms with van der Waals surface area (Å²) in [6.07, 6.45) is 1.50. The van der Waals surface area contributed by atoms with Gasteiger partial charge < -0.3 is 11.5 Å². The Labute approximate surface area is 113 Å². The number of halogens is 1. The standard InChI is InChI=1S/C11H10ClN5S/c12-8-3-1-7(2-4-8)10-16-9(6-18-10)5-15-17-11(13)14/h1-6H,(H4,13,14,17)/b15-5-. The Morgan fingerprint density at radius 1 is 1.28 bits per heavy atom. The van der Waals surface area contributed by atoms with Crippen LogP contribution in [0.4, 0.5) is 0 Å². The molecule has 7 heteroatoms. The first-order valence-corrected chi connectivity index (χ1v) is 6.24. The number of hydrogen-bond donors (Lipinski definition) is 2. The summed E-state index contributed by atoms with van der Waals surface area (Å²) in [6, 6.07) is 7.48. The fraction of sp³-hybridized carbons (Fsp3) is 0. The normalized spacial score (nSPS) is 10.7. The second kappa shape index (κ2) is 5.61. The third kappa shape index (κ3) is 3.28. The van der Waals surface area contributed by atoms with E-state index in [4.69, 9.17) is 23.1 Å². The second-order valence-electron chi connectivity index (χ2n) is 3.35. The van der Waals surface area contributed by atoms with Gasteiger partial charge >= 0.3 is 0 Å². The van der Waals surface area contributed by atoms with Gasteiger partial charge in [0, 0.05) is 16.0 Å². The topological polar surface area (TPSA) is 89.7 Å². The smallest absolute Gasteiger partial charge is 0.211 e. The number of rotatable bonds is 3. The summed E-state index contributed by atoms with van der Waals surface area (Å²) in [5.74, 6) is -0.0839. The lowest BCUT2D eigenvalue weighted by molar-refractivity contribution is 1.21. The van der Waals surface area contributed by atoms with Gasteiger partial charge in [0.15, 0.2) is 0 Å². The average molecular weight is 280 g/mol. The van der Waals surface area contributed by atoms with Gasteiger partial charge in [-0.25, -0.2) is 4.98 Å². The number of thiazole rings is 1. The molecule has 0 aliphatic carbocycles. The summed E-state index contributed by atoms with van der Waals surface area (Å²) in [6.45, 7) is 0. The predicted octanol–water partition coefficient (Wildman–Crippen LogP) is 2.07. The summed E-state index contributed by atoms with van der Waals surface area (Å²) >= 11 is 7.34. The van der Waals surface area contributed by atoms with E-state index >= 15 is 0 Å². The zero-order valence-electron chi connectivity index (χ0n) is 9.25. The Balaban J connectivity index is 2.18. The Bertz CT molecular complexity index is 584. The molecule has 0 fully saturated rings. The fourth-order valence-corrected chi connectivity index (χ4v) is 2.13. The first kappa shape index (κ1) is 12.5. The highest BCUT2D eigenvalue weighted by atomic mass is 35.5. The monoisotopic (exact) mass is 279 g/mol. The third-order valence-electron chi connectivity index (χ3n) is 1.98. The molecule has 0 amide bonds. The molecule has 0 bridgehead atoms. The minimum atomic E-state index is -0.0839. The van der Waals surface area contributed by atoms with E-state index in [1.54, 1.807) is 0 Å². The molecule has 0 aliphatic rings. The van der Waals surface area contributed by atoms with Gasteiger partial charge in [0.05, 0.1) is 11.9 Å². The van der Waals surface area contributed by atoms with Crippen LogP contribution >= 0.6 is 22.9 Å². The van der Waals surface area contributed by atoms with E-state index in [-0.39, 0.29) is 5.96 Å². The molecule has 2 rings (SSSR count). The van der Waals surface area contributed by atoms with Crippen molar-refractivity contribution in [1.82, 2.24) is 4.98 Å². The molecular weight excluding hydrogens is 270 g/mol. The Morgan fingerprint density at radius 3 is 2.67 bits per heavy atom. The summed E-state index contributed by atoms with van der Waals surface area (Å²) in [7, 11) is 0. The van der Waals surface area contributed by atoms with Crippen LogP contribution in [0.3, 0.4) is 0 Å². The number of benzene rings is 1. The second-order valence-corrected chi connectivity index (χ2v) is 4.65. The summed E-state index contributed by atoms with van der Waals surface area (Å²) in [5, 5.41) is 10.7. The molecule has 1 aromatic heterocycles. The van der Waals surface area contributed by atoms with Crippen LogP contribution in [0.5, 0.6) is 0 Å². The van der Waals surface area contributed by atoms with Gasteiger partial charge in [-0.15, -0.1) is 16.4 Å². The predicted molar refractivity (Wildman–Crippen MR) is 76.0 cm³/mol. The van der Waals surface area contributed by atoms with Crippen molar-refractivity contribution >= 4 is 35.1 Å². The molecule has 92 valence electrons. The highest BCUT2D eigenvalue weighted by Crippen LogP contribution is 2.24. The maximum atomic E-state index is 5.83. The molecule has 1 heterocycles. The number of guanidine groups is 1. The lowest BCUT2D eigenvalue weighted by atomic mass is 10.2. The molecule has 0 aliphatic heterocycles. The van der Waals surface area contributed by atoms with E-state index in [1.165, 1.54) is 17.6 Å². The van der Waals surface area contributed by atoms with Crippen LogP contribution in [0.25, 0.3) is 10.6 Å². The Kier molecular flexibility index (Phi) is 3.91. The number of nitrogens with two attached hydrogens (primary N) is 2. The van der Waals surface area contributed by atoms with Crippen LogP contribution in [0.15, 0.2) is 39.8 Å². The van der Waals surface area contributed by atoms with Crippen LogP contribution in [0.1, 0.15) is 5.69 Å². The molecule has 0 saturated heterocycles. The zero-order chi connectivity index (χ0) is 13.0. The maximum absolute atomic E-state index is 5.83. The third-order valence-corrected chi connectivity index (χ3v) is 3.14. The molecule has 0 spiro atoms. The fourth-order valence-electron chi connectivity index (χ4n) is 1.23.